The molecule has 1 saturated heterocycles. The van der Waals surface area contributed by atoms with Gasteiger partial charge in [-0.3, -0.25) is 15.0 Å². The molecule has 1 amide bonds. The van der Waals surface area contributed by atoms with E-state index in [-0.39, 0.29) is 5.91 Å². The molecule has 3 rings (SSSR count). The maximum atomic E-state index is 12.1. The zero-order valence-corrected chi connectivity index (χ0v) is 21.7. The molecule has 2 aliphatic carbocycles. The molecule has 4 atom stereocenters. The minimum atomic E-state index is 0.223. The lowest BCUT2D eigenvalue weighted by Crippen LogP contribution is -2.37. The summed E-state index contributed by atoms with van der Waals surface area (Å²) in [4.78, 5) is 18.9. The maximum Gasteiger partial charge on any atom is 0.219 e. The van der Waals surface area contributed by atoms with Gasteiger partial charge in [0, 0.05) is 36.9 Å². The first-order valence-electron chi connectivity index (χ1n) is 14.3. The molecule has 1 fully saturated rings. The molecular formula is C30H48N2O3. The number of likely N-dealkylation sites (tertiary alicyclic amines) is 1. The molecule has 4 unspecified atom stereocenters. The smallest absolute Gasteiger partial charge is 0.219 e. The van der Waals surface area contributed by atoms with Gasteiger partial charge in [0.1, 0.15) is 0 Å². The molecule has 5 heteroatoms. The number of nitrogens with zero attached hydrogens (tertiary/aromatic N) is 1. The third-order valence-corrected chi connectivity index (χ3v) is 7.81. The highest BCUT2D eigenvalue weighted by Gasteiger charge is 2.44. The second kappa shape index (κ2) is 16.9. The number of allylic oxidation sites excluding steroid dienone is 4. The predicted molar refractivity (Wildman–Crippen MR) is 144 cm³/mol. The van der Waals surface area contributed by atoms with Crippen molar-refractivity contribution in [3.63, 3.8) is 0 Å². The van der Waals surface area contributed by atoms with E-state index >= 15 is 0 Å². The van der Waals surface area contributed by atoms with Crippen LogP contribution in [0.1, 0.15) is 89.9 Å². The largest absolute Gasteiger partial charge is 0.356 e. The number of hydrogen-bond acceptors (Lipinski definition) is 4. The van der Waals surface area contributed by atoms with Gasteiger partial charge in [0.25, 0.3) is 0 Å². The Morgan fingerprint density at radius 1 is 0.686 bits per heavy atom. The monoisotopic (exact) mass is 484 g/mol. The minimum Gasteiger partial charge on any atom is -0.356 e. The highest BCUT2D eigenvalue weighted by molar-refractivity contribution is 5.75. The van der Waals surface area contributed by atoms with Crippen LogP contribution in [-0.2, 0) is 9.68 Å². The van der Waals surface area contributed by atoms with Crippen LogP contribution in [0.25, 0.3) is 0 Å². The standard InChI is InChI=1S/C30H48N2O3/c33-30(22-10-7-5-3-1-2-4-6-8-17-25-35-34)31-23-15-9-16-24-32-28-20-13-11-18-26(28)27-19-12-14-21-29(27)32/h11-14,18-21,26-29,34H,1-10,15-17,22-25H2,(H,31,33). The maximum absolute atomic E-state index is 12.1. The number of hydrogen-bond donors (Lipinski definition) is 2. The molecule has 1 aliphatic heterocycles. The summed E-state index contributed by atoms with van der Waals surface area (Å²) in [5.41, 5.74) is 0. The van der Waals surface area contributed by atoms with Crippen LogP contribution in [0.2, 0.25) is 0 Å². The van der Waals surface area contributed by atoms with Crippen LogP contribution in [0.4, 0.5) is 0 Å². The van der Waals surface area contributed by atoms with Crippen LogP contribution in [0, 0.1) is 11.8 Å². The summed E-state index contributed by atoms with van der Waals surface area (Å²) in [7, 11) is 0. The van der Waals surface area contributed by atoms with Crippen molar-refractivity contribution >= 4 is 5.91 Å². The van der Waals surface area contributed by atoms with Gasteiger partial charge in [-0.25, -0.2) is 4.89 Å². The van der Waals surface area contributed by atoms with Gasteiger partial charge in [0.05, 0.1) is 6.61 Å². The van der Waals surface area contributed by atoms with Crippen LogP contribution in [0.3, 0.4) is 0 Å². The lowest BCUT2D eigenvalue weighted by molar-refractivity contribution is -0.242. The first-order valence-corrected chi connectivity index (χ1v) is 14.3. The number of carbonyl (C=O) groups excluding carboxylic acids is 1. The van der Waals surface area contributed by atoms with Crippen LogP contribution in [0.5, 0.6) is 0 Å². The van der Waals surface area contributed by atoms with Crippen LogP contribution in [0.15, 0.2) is 48.6 Å². The van der Waals surface area contributed by atoms with Crippen molar-refractivity contribution in [3.8, 4) is 0 Å². The molecule has 0 aromatic heterocycles. The van der Waals surface area contributed by atoms with E-state index in [1.54, 1.807) is 0 Å². The lowest BCUT2D eigenvalue weighted by Gasteiger charge is -2.29. The Hall–Kier alpha value is -1.69. The quantitative estimate of drug-likeness (QED) is 0.123. The van der Waals surface area contributed by atoms with Crippen molar-refractivity contribution in [2.75, 3.05) is 19.7 Å². The molecule has 35 heavy (non-hydrogen) atoms. The van der Waals surface area contributed by atoms with E-state index in [9.17, 15) is 4.79 Å². The first-order chi connectivity index (χ1) is 17.3. The van der Waals surface area contributed by atoms with E-state index < -0.39 is 0 Å². The van der Waals surface area contributed by atoms with Crippen molar-refractivity contribution < 1.29 is 14.9 Å². The number of rotatable bonds is 19. The van der Waals surface area contributed by atoms with Crippen molar-refractivity contribution in [3.05, 3.63) is 48.6 Å². The Morgan fingerprint density at radius 3 is 1.80 bits per heavy atom. The normalized spacial score (nSPS) is 24.6. The molecule has 196 valence electrons. The third-order valence-electron chi connectivity index (χ3n) is 7.81. The molecular weight excluding hydrogens is 436 g/mol. The second-order valence-electron chi connectivity index (χ2n) is 10.4. The highest BCUT2D eigenvalue weighted by atomic mass is 17.1. The summed E-state index contributed by atoms with van der Waals surface area (Å²) in [6.07, 6.45) is 34.3. The Bertz CT molecular complexity index is 680. The molecule has 5 nitrogen and oxygen atoms in total. The molecule has 0 aromatic carbocycles. The second-order valence-corrected chi connectivity index (χ2v) is 10.4. The van der Waals surface area contributed by atoms with Crippen LogP contribution < -0.4 is 5.32 Å². The molecule has 0 radical (unpaired) electrons. The lowest BCUT2D eigenvalue weighted by atomic mass is 9.83. The Labute approximate surface area is 213 Å². The average molecular weight is 485 g/mol. The predicted octanol–water partition coefficient (Wildman–Crippen LogP) is 6.59. The molecule has 0 aromatic rings. The summed E-state index contributed by atoms with van der Waals surface area (Å²) >= 11 is 0. The van der Waals surface area contributed by atoms with E-state index in [0.29, 0.717) is 36.9 Å². The van der Waals surface area contributed by atoms with Gasteiger partial charge in [0.15, 0.2) is 0 Å². The topological polar surface area (TPSA) is 61.8 Å². The third kappa shape index (κ3) is 9.70. The van der Waals surface area contributed by atoms with Gasteiger partial charge >= 0.3 is 0 Å². The van der Waals surface area contributed by atoms with Crippen molar-refractivity contribution in [1.82, 2.24) is 10.2 Å². The van der Waals surface area contributed by atoms with Crippen molar-refractivity contribution in [2.45, 2.75) is 102 Å². The molecule has 1 heterocycles. The molecule has 0 saturated carbocycles. The van der Waals surface area contributed by atoms with Gasteiger partial charge in [0.2, 0.25) is 5.91 Å². The SMILES string of the molecule is O=C(CCCCCCCCCCCCOO)NCCCCCN1C2C=CC=CC2C2C=CC=CC21. The highest BCUT2D eigenvalue weighted by Crippen LogP contribution is 2.41. The molecule has 0 bridgehead atoms. The molecule has 3 aliphatic rings. The number of amides is 1. The van der Waals surface area contributed by atoms with Crippen molar-refractivity contribution in [1.29, 1.82) is 0 Å². The Kier molecular flexibility index (Phi) is 13.5. The average Bonchev–Trinajstić information content (AvgIpc) is 3.20. The van der Waals surface area contributed by atoms with Gasteiger partial charge in [-0.1, -0.05) is 106 Å². The summed E-state index contributed by atoms with van der Waals surface area (Å²) in [5, 5.41) is 11.4. The molecule has 0 spiro atoms. The van der Waals surface area contributed by atoms with Gasteiger partial charge in [-0.2, -0.15) is 0 Å². The molecule has 2 N–H and O–H groups in total. The fraction of sp³-hybridized carbons (Fsp3) is 0.700. The van der Waals surface area contributed by atoms with E-state index in [1.807, 2.05) is 0 Å². The van der Waals surface area contributed by atoms with Gasteiger partial charge in [-0.05, 0) is 32.2 Å². The van der Waals surface area contributed by atoms with Gasteiger partial charge in [-0.15, -0.1) is 0 Å². The van der Waals surface area contributed by atoms with Crippen LogP contribution >= 0.6 is 0 Å². The number of unbranched alkanes of at least 4 members (excludes halogenated alkanes) is 11. The zero-order chi connectivity index (χ0) is 24.6. The van der Waals surface area contributed by atoms with Crippen molar-refractivity contribution in [2.24, 2.45) is 11.8 Å². The van der Waals surface area contributed by atoms with Gasteiger partial charge < -0.3 is 5.32 Å². The summed E-state index contributed by atoms with van der Waals surface area (Å²) in [6, 6.07) is 1.06. The summed E-state index contributed by atoms with van der Waals surface area (Å²) < 4.78 is 0. The Balaban J connectivity index is 1.13. The van der Waals surface area contributed by atoms with E-state index in [0.717, 1.165) is 45.2 Å². The summed E-state index contributed by atoms with van der Waals surface area (Å²) in [6.45, 7) is 2.40. The minimum absolute atomic E-state index is 0.223. The fourth-order valence-corrected chi connectivity index (χ4v) is 5.88. The fourth-order valence-electron chi connectivity index (χ4n) is 5.88. The number of nitrogens with one attached hydrogen (secondary N) is 1. The first kappa shape index (κ1) is 27.9. The number of carbonyl (C=O) groups is 1. The Morgan fingerprint density at radius 2 is 1.20 bits per heavy atom. The summed E-state index contributed by atoms with van der Waals surface area (Å²) in [5.74, 6) is 1.43. The van der Waals surface area contributed by atoms with E-state index in [2.05, 4.69) is 63.7 Å². The van der Waals surface area contributed by atoms with E-state index in [1.165, 1.54) is 51.4 Å². The zero-order valence-electron chi connectivity index (χ0n) is 21.7. The number of fused-ring (bicyclic) bond motifs is 3. The van der Waals surface area contributed by atoms with Crippen LogP contribution in [-0.4, -0.2) is 47.8 Å². The van der Waals surface area contributed by atoms with E-state index in [4.69, 9.17) is 5.26 Å².